The van der Waals surface area contributed by atoms with Gasteiger partial charge >= 0.3 is 0 Å². The van der Waals surface area contributed by atoms with Crippen LogP contribution in [-0.4, -0.2) is 19.1 Å². The molecular weight excluding hydrogens is 338 g/mol. The number of rotatable bonds is 10. The van der Waals surface area contributed by atoms with Crippen LogP contribution in [0.15, 0.2) is 42.5 Å². The van der Waals surface area contributed by atoms with E-state index in [1.54, 1.807) is 0 Å². The van der Waals surface area contributed by atoms with Gasteiger partial charge in [-0.25, -0.2) is 0 Å². The van der Waals surface area contributed by atoms with E-state index in [4.69, 9.17) is 9.47 Å². The number of hydrogen-bond donors (Lipinski definition) is 1. The van der Waals surface area contributed by atoms with Gasteiger partial charge in [0.15, 0.2) is 11.5 Å². The number of nitrogens with one attached hydrogen (secondary N) is 1. The van der Waals surface area contributed by atoms with Gasteiger partial charge in [0.2, 0.25) is 5.91 Å². The monoisotopic (exact) mass is 369 g/mol. The molecule has 2 aromatic rings. The lowest BCUT2D eigenvalue weighted by Crippen LogP contribution is -2.28. The van der Waals surface area contributed by atoms with Crippen molar-refractivity contribution in [3.8, 4) is 11.5 Å². The second kappa shape index (κ2) is 10.6. The first-order chi connectivity index (χ1) is 13.1. The molecule has 4 heteroatoms. The Morgan fingerprint density at radius 2 is 1.63 bits per heavy atom. The normalized spacial score (nSPS) is 11.7. The van der Waals surface area contributed by atoms with E-state index in [1.165, 1.54) is 5.56 Å². The maximum atomic E-state index is 12.4. The van der Waals surface area contributed by atoms with Gasteiger partial charge in [-0.1, -0.05) is 42.8 Å². The molecule has 0 bridgehead atoms. The molecule has 0 aromatic heterocycles. The van der Waals surface area contributed by atoms with Gasteiger partial charge in [0.1, 0.15) is 0 Å². The number of hydrogen-bond acceptors (Lipinski definition) is 3. The third-order valence-electron chi connectivity index (χ3n) is 4.47. The molecule has 1 atom stereocenters. The molecule has 0 aliphatic carbocycles. The molecular formula is C23H31NO3. The minimum atomic E-state index is 0.0532. The van der Waals surface area contributed by atoms with Crippen LogP contribution >= 0.6 is 0 Å². The van der Waals surface area contributed by atoms with Crippen molar-refractivity contribution in [3.05, 3.63) is 59.2 Å². The SMILES string of the molecule is CCOc1ccc(CCC(=O)NC(CC)c2ccc(C)cc2)cc1OCC. The predicted octanol–water partition coefficient (Wildman–Crippen LogP) is 4.99. The Morgan fingerprint density at radius 3 is 2.26 bits per heavy atom. The molecule has 1 amide bonds. The molecule has 0 aliphatic heterocycles. The molecule has 1 unspecified atom stereocenters. The molecule has 0 fully saturated rings. The van der Waals surface area contributed by atoms with Crippen LogP contribution in [0, 0.1) is 6.92 Å². The van der Waals surface area contributed by atoms with E-state index in [9.17, 15) is 4.79 Å². The highest BCUT2D eigenvalue weighted by Crippen LogP contribution is 2.29. The van der Waals surface area contributed by atoms with Crippen molar-refractivity contribution in [2.75, 3.05) is 13.2 Å². The third-order valence-corrected chi connectivity index (χ3v) is 4.47. The van der Waals surface area contributed by atoms with E-state index in [0.29, 0.717) is 26.1 Å². The van der Waals surface area contributed by atoms with Crippen molar-refractivity contribution in [2.45, 2.75) is 53.0 Å². The highest BCUT2D eigenvalue weighted by Gasteiger charge is 2.13. The Morgan fingerprint density at radius 1 is 0.963 bits per heavy atom. The average molecular weight is 370 g/mol. The minimum absolute atomic E-state index is 0.0532. The number of amides is 1. The minimum Gasteiger partial charge on any atom is -0.490 e. The number of carbonyl (C=O) groups is 1. The van der Waals surface area contributed by atoms with Crippen LogP contribution in [0.25, 0.3) is 0 Å². The van der Waals surface area contributed by atoms with Gasteiger partial charge in [0.05, 0.1) is 19.3 Å². The van der Waals surface area contributed by atoms with Crippen LogP contribution in [0.5, 0.6) is 11.5 Å². The van der Waals surface area contributed by atoms with Crippen molar-refractivity contribution in [1.82, 2.24) is 5.32 Å². The van der Waals surface area contributed by atoms with Gasteiger partial charge in [-0.3, -0.25) is 4.79 Å². The zero-order chi connectivity index (χ0) is 19.6. The predicted molar refractivity (Wildman–Crippen MR) is 109 cm³/mol. The maximum absolute atomic E-state index is 12.4. The second-order valence-corrected chi connectivity index (χ2v) is 6.59. The Hall–Kier alpha value is -2.49. The summed E-state index contributed by atoms with van der Waals surface area (Å²) in [7, 11) is 0. The fourth-order valence-corrected chi connectivity index (χ4v) is 3.00. The smallest absolute Gasteiger partial charge is 0.220 e. The first-order valence-electron chi connectivity index (χ1n) is 9.81. The standard InChI is InChI=1S/C23H31NO3/c1-5-20(19-12-8-17(4)9-13-19)24-23(25)15-11-18-10-14-21(26-6-2)22(16-18)27-7-3/h8-10,12-14,16,20H,5-7,11,15H2,1-4H3,(H,24,25). The first kappa shape index (κ1) is 20.8. The fourth-order valence-electron chi connectivity index (χ4n) is 3.00. The van der Waals surface area contributed by atoms with Gasteiger partial charge in [-0.15, -0.1) is 0 Å². The van der Waals surface area contributed by atoms with Crippen LogP contribution in [0.3, 0.4) is 0 Å². The zero-order valence-corrected chi connectivity index (χ0v) is 16.9. The van der Waals surface area contributed by atoms with Crippen LogP contribution in [-0.2, 0) is 11.2 Å². The van der Waals surface area contributed by atoms with Gasteiger partial charge in [-0.05, 0) is 56.9 Å². The lowest BCUT2D eigenvalue weighted by Gasteiger charge is -2.18. The molecule has 0 saturated heterocycles. The van der Waals surface area contributed by atoms with Gasteiger partial charge < -0.3 is 14.8 Å². The Labute approximate surface area is 162 Å². The fraction of sp³-hybridized carbons (Fsp3) is 0.435. The Balaban J connectivity index is 1.95. The summed E-state index contributed by atoms with van der Waals surface area (Å²) < 4.78 is 11.3. The molecule has 146 valence electrons. The molecule has 2 rings (SSSR count). The number of benzene rings is 2. The number of carbonyl (C=O) groups excluding carboxylic acids is 1. The quantitative estimate of drug-likeness (QED) is 0.642. The summed E-state index contributed by atoms with van der Waals surface area (Å²) in [6.45, 7) is 9.23. The van der Waals surface area contributed by atoms with E-state index >= 15 is 0 Å². The summed E-state index contributed by atoms with van der Waals surface area (Å²) in [4.78, 5) is 12.4. The van der Waals surface area contributed by atoms with E-state index in [0.717, 1.165) is 29.0 Å². The summed E-state index contributed by atoms with van der Waals surface area (Å²) in [5.41, 5.74) is 3.44. The van der Waals surface area contributed by atoms with E-state index < -0.39 is 0 Å². The Kier molecular flexibility index (Phi) is 8.18. The van der Waals surface area contributed by atoms with Crippen molar-refractivity contribution in [3.63, 3.8) is 0 Å². The molecule has 0 saturated carbocycles. The molecule has 27 heavy (non-hydrogen) atoms. The lowest BCUT2D eigenvalue weighted by atomic mass is 10.0. The zero-order valence-electron chi connectivity index (χ0n) is 16.9. The average Bonchev–Trinajstić information content (AvgIpc) is 2.67. The maximum Gasteiger partial charge on any atom is 0.220 e. The van der Waals surface area contributed by atoms with Gasteiger partial charge in [-0.2, -0.15) is 0 Å². The topological polar surface area (TPSA) is 47.6 Å². The molecule has 1 N–H and O–H groups in total. The number of ether oxygens (including phenoxy) is 2. The summed E-state index contributed by atoms with van der Waals surface area (Å²) >= 11 is 0. The molecule has 2 aromatic carbocycles. The van der Waals surface area contributed by atoms with Crippen LogP contribution < -0.4 is 14.8 Å². The molecule has 0 spiro atoms. The van der Waals surface area contributed by atoms with Crippen molar-refractivity contribution in [1.29, 1.82) is 0 Å². The second-order valence-electron chi connectivity index (χ2n) is 6.59. The van der Waals surface area contributed by atoms with Crippen LogP contribution in [0.1, 0.15) is 56.3 Å². The highest BCUT2D eigenvalue weighted by molar-refractivity contribution is 5.76. The lowest BCUT2D eigenvalue weighted by molar-refractivity contribution is -0.121. The molecule has 0 radical (unpaired) electrons. The van der Waals surface area contributed by atoms with Crippen molar-refractivity contribution < 1.29 is 14.3 Å². The summed E-state index contributed by atoms with van der Waals surface area (Å²) in [6.07, 6.45) is 1.98. The van der Waals surface area contributed by atoms with Gasteiger partial charge in [0, 0.05) is 6.42 Å². The first-order valence-corrected chi connectivity index (χ1v) is 9.81. The highest BCUT2D eigenvalue weighted by atomic mass is 16.5. The summed E-state index contributed by atoms with van der Waals surface area (Å²) in [6, 6.07) is 14.3. The van der Waals surface area contributed by atoms with E-state index in [-0.39, 0.29) is 11.9 Å². The van der Waals surface area contributed by atoms with Crippen molar-refractivity contribution >= 4 is 5.91 Å². The third kappa shape index (κ3) is 6.31. The van der Waals surface area contributed by atoms with Gasteiger partial charge in [0.25, 0.3) is 0 Å². The van der Waals surface area contributed by atoms with E-state index in [2.05, 4.69) is 43.4 Å². The summed E-state index contributed by atoms with van der Waals surface area (Å²) in [5.74, 6) is 1.55. The van der Waals surface area contributed by atoms with Crippen LogP contribution in [0.4, 0.5) is 0 Å². The largest absolute Gasteiger partial charge is 0.490 e. The Bertz CT molecular complexity index is 725. The molecule has 0 aliphatic rings. The summed E-state index contributed by atoms with van der Waals surface area (Å²) in [5, 5.41) is 3.15. The molecule has 4 nitrogen and oxygen atoms in total. The van der Waals surface area contributed by atoms with Crippen molar-refractivity contribution in [2.24, 2.45) is 0 Å². The number of aryl methyl sites for hydroxylation is 2. The molecule has 0 heterocycles. The van der Waals surface area contributed by atoms with Crippen LogP contribution in [0.2, 0.25) is 0 Å². The van der Waals surface area contributed by atoms with E-state index in [1.807, 2.05) is 32.0 Å².